The van der Waals surface area contributed by atoms with Crippen molar-refractivity contribution in [3.05, 3.63) is 11.6 Å². The van der Waals surface area contributed by atoms with Crippen molar-refractivity contribution in [1.82, 2.24) is 20.1 Å². The van der Waals surface area contributed by atoms with E-state index in [0.29, 0.717) is 6.54 Å². The molecule has 1 aliphatic heterocycles. The largest absolute Gasteiger partial charge is 0.395 e. The van der Waals surface area contributed by atoms with Crippen LogP contribution < -0.4 is 0 Å². The molecule has 0 saturated carbocycles. The summed E-state index contributed by atoms with van der Waals surface area (Å²) in [4.78, 5) is 6.57. The Balaban J connectivity index is 1.97. The lowest BCUT2D eigenvalue weighted by atomic mass is 10.2. The molecule has 1 fully saturated rings. The van der Waals surface area contributed by atoms with Gasteiger partial charge in [-0.05, 0) is 6.42 Å². The Kier molecular flexibility index (Phi) is 4.09. The lowest BCUT2D eigenvalue weighted by molar-refractivity contribution is 0.106. The summed E-state index contributed by atoms with van der Waals surface area (Å²) in [5, 5.41) is 16.4. The molecule has 0 amide bonds. The van der Waals surface area contributed by atoms with Gasteiger partial charge in [0.25, 0.3) is 0 Å². The van der Waals surface area contributed by atoms with E-state index in [2.05, 4.69) is 20.1 Å². The van der Waals surface area contributed by atoms with E-state index in [0.717, 1.165) is 31.0 Å². The van der Waals surface area contributed by atoms with Crippen LogP contribution in [0.5, 0.6) is 0 Å². The molecule has 17 heavy (non-hydrogen) atoms. The molecule has 1 saturated heterocycles. The molecule has 1 aliphatic rings. The molecule has 6 nitrogen and oxygen atoms in total. The van der Waals surface area contributed by atoms with Crippen molar-refractivity contribution in [3.63, 3.8) is 0 Å². The Morgan fingerprint density at radius 3 is 3.00 bits per heavy atom. The Hall–Kier alpha value is -0.980. The lowest BCUT2D eigenvalue weighted by Gasteiger charge is -2.20. The van der Waals surface area contributed by atoms with Gasteiger partial charge in [0.15, 0.2) is 0 Å². The first-order chi connectivity index (χ1) is 8.26. The highest BCUT2D eigenvalue weighted by Gasteiger charge is 2.31. The van der Waals surface area contributed by atoms with E-state index in [1.807, 2.05) is 6.92 Å². The van der Waals surface area contributed by atoms with Gasteiger partial charge in [-0.25, -0.2) is 4.98 Å². The fraction of sp³-hybridized carbons (Fsp3) is 0.818. The van der Waals surface area contributed by atoms with E-state index in [4.69, 9.17) is 4.74 Å². The Morgan fingerprint density at radius 1 is 1.59 bits per heavy atom. The standard InChI is InChI=1S/C11H20N4O2/c1-3-10-12-11(14-13-10)6-15-5-9(17-2)4-8(15)7-16/h8-9,16H,3-7H2,1-2H3,(H,12,13,14)/t8-,9+/m0/s1. The molecule has 0 aromatic carbocycles. The Labute approximate surface area is 101 Å². The fourth-order valence-corrected chi connectivity index (χ4v) is 2.25. The molecule has 0 spiro atoms. The van der Waals surface area contributed by atoms with E-state index in [1.54, 1.807) is 7.11 Å². The summed E-state index contributed by atoms with van der Waals surface area (Å²) in [5.41, 5.74) is 0. The fourth-order valence-electron chi connectivity index (χ4n) is 2.25. The monoisotopic (exact) mass is 240 g/mol. The van der Waals surface area contributed by atoms with Crippen LogP contribution in [0.4, 0.5) is 0 Å². The highest BCUT2D eigenvalue weighted by molar-refractivity contribution is 4.93. The van der Waals surface area contributed by atoms with E-state index in [1.165, 1.54) is 0 Å². The molecule has 0 unspecified atom stereocenters. The third kappa shape index (κ3) is 2.83. The third-order valence-electron chi connectivity index (χ3n) is 3.28. The quantitative estimate of drug-likeness (QED) is 0.754. The van der Waals surface area contributed by atoms with Crippen molar-refractivity contribution in [2.45, 2.75) is 38.5 Å². The maximum atomic E-state index is 9.34. The SMILES string of the molecule is CCc1n[nH]c(CN2C[C@H](OC)C[C@H]2CO)n1. The molecule has 96 valence electrons. The summed E-state index contributed by atoms with van der Waals surface area (Å²) >= 11 is 0. The van der Waals surface area contributed by atoms with Gasteiger partial charge in [0, 0.05) is 26.1 Å². The molecular formula is C11H20N4O2. The number of hydrogen-bond donors (Lipinski definition) is 2. The van der Waals surface area contributed by atoms with Crippen LogP contribution in [0.2, 0.25) is 0 Å². The van der Waals surface area contributed by atoms with Gasteiger partial charge >= 0.3 is 0 Å². The number of rotatable bonds is 5. The van der Waals surface area contributed by atoms with Crippen LogP contribution in [-0.4, -0.2) is 57.6 Å². The van der Waals surface area contributed by atoms with E-state index >= 15 is 0 Å². The smallest absolute Gasteiger partial charge is 0.150 e. The number of nitrogens with zero attached hydrogens (tertiary/aromatic N) is 3. The normalized spacial score (nSPS) is 25.6. The van der Waals surface area contributed by atoms with Crippen LogP contribution in [0.25, 0.3) is 0 Å². The Morgan fingerprint density at radius 2 is 2.41 bits per heavy atom. The minimum Gasteiger partial charge on any atom is -0.395 e. The van der Waals surface area contributed by atoms with Gasteiger partial charge in [-0.3, -0.25) is 10.00 Å². The summed E-state index contributed by atoms with van der Waals surface area (Å²) in [6.45, 7) is 3.72. The lowest BCUT2D eigenvalue weighted by Crippen LogP contribution is -2.32. The first-order valence-electron chi connectivity index (χ1n) is 6.04. The van der Waals surface area contributed by atoms with Gasteiger partial charge in [-0.15, -0.1) is 0 Å². The molecule has 0 radical (unpaired) electrons. The predicted molar refractivity (Wildman–Crippen MR) is 62.5 cm³/mol. The molecule has 1 aromatic rings. The number of likely N-dealkylation sites (tertiary alicyclic amines) is 1. The summed E-state index contributed by atoms with van der Waals surface area (Å²) in [6.07, 6.45) is 1.92. The molecular weight excluding hydrogens is 220 g/mol. The average Bonchev–Trinajstić information content (AvgIpc) is 2.95. The molecule has 2 N–H and O–H groups in total. The van der Waals surface area contributed by atoms with Gasteiger partial charge in [0.2, 0.25) is 0 Å². The van der Waals surface area contributed by atoms with Gasteiger partial charge in [0.1, 0.15) is 11.6 Å². The first kappa shape index (κ1) is 12.5. The number of aryl methyl sites for hydroxylation is 1. The van der Waals surface area contributed by atoms with Crippen LogP contribution in [0.3, 0.4) is 0 Å². The van der Waals surface area contributed by atoms with Crippen molar-refractivity contribution in [3.8, 4) is 0 Å². The molecule has 0 bridgehead atoms. The number of methoxy groups -OCH3 is 1. The predicted octanol–water partition coefficient (Wildman–Crippen LogP) is -0.0513. The van der Waals surface area contributed by atoms with Crippen LogP contribution in [0.15, 0.2) is 0 Å². The molecule has 6 heteroatoms. The van der Waals surface area contributed by atoms with Crippen molar-refractivity contribution < 1.29 is 9.84 Å². The maximum Gasteiger partial charge on any atom is 0.150 e. The second kappa shape index (κ2) is 5.57. The van der Waals surface area contributed by atoms with Crippen molar-refractivity contribution >= 4 is 0 Å². The highest BCUT2D eigenvalue weighted by Crippen LogP contribution is 2.21. The number of nitrogens with one attached hydrogen (secondary N) is 1. The molecule has 2 atom stereocenters. The molecule has 0 aliphatic carbocycles. The van der Waals surface area contributed by atoms with E-state index in [-0.39, 0.29) is 18.8 Å². The van der Waals surface area contributed by atoms with Gasteiger partial charge < -0.3 is 9.84 Å². The van der Waals surface area contributed by atoms with Crippen LogP contribution in [0.1, 0.15) is 25.0 Å². The molecule has 2 heterocycles. The molecule has 1 aromatic heterocycles. The zero-order valence-corrected chi connectivity index (χ0v) is 10.4. The van der Waals surface area contributed by atoms with Gasteiger partial charge in [0.05, 0.1) is 19.3 Å². The van der Waals surface area contributed by atoms with Crippen LogP contribution >= 0.6 is 0 Å². The van der Waals surface area contributed by atoms with Crippen molar-refractivity contribution in [1.29, 1.82) is 0 Å². The van der Waals surface area contributed by atoms with Crippen LogP contribution in [0, 0.1) is 0 Å². The van der Waals surface area contributed by atoms with Crippen molar-refractivity contribution in [2.75, 3.05) is 20.3 Å². The second-order valence-corrected chi connectivity index (χ2v) is 4.41. The zero-order chi connectivity index (χ0) is 12.3. The number of hydrogen-bond acceptors (Lipinski definition) is 5. The van der Waals surface area contributed by atoms with Crippen molar-refractivity contribution in [2.24, 2.45) is 0 Å². The second-order valence-electron chi connectivity index (χ2n) is 4.41. The average molecular weight is 240 g/mol. The topological polar surface area (TPSA) is 74.3 Å². The maximum absolute atomic E-state index is 9.34. The van der Waals surface area contributed by atoms with Gasteiger partial charge in [-0.2, -0.15) is 5.10 Å². The van der Waals surface area contributed by atoms with E-state index in [9.17, 15) is 5.11 Å². The molecule has 2 rings (SSSR count). The number of ether oxygens (including phenoxy) is 1. The van der Waals surface area contributed by atoms with Gasteiger partial charge in [-0.1, -0.05) is 6.92 Å². The number of aromatic nitrogens is 3. The third-order valence-corrected chi connectivity index (χ3v) is 3.28. The first-order valence-corrected chi connectivity index (χ1v) is 6.04. The number of aliphatic hydroxyl groups excluding tert-OH is 1. The number of H-pyrrole nitrogens is 1. The minimum absolute atomic E-state index is 0.161. The number of aromatic amines is 1. The Bertz CT molecular complexity index is 355. The van der Waals surface area contributed by atoms with Crippen LogP contribution in [-0.2, 0) is 17.7 Å². The summed E-state index contributed by atoms with van der Waals surface area (Å²) in [6, 6.07) is 0.162. The minimum atomic E-state index is 0.161. The summed E-state index contributed by atoms with van der Waals surface area (Å²) < 4.78 is 5.34. The van der Waals surface area contributed by atoms with E-state index < -0.39 is 0 Å². The zero-order valence-electron chi connectivity index (χ0n) is 10.4. The summed E-state index contributed by atoms with van der Waals surface area (Å²) in [7, 11) is 1.71. The summed E-state index contributed by atoms with van der Waals surface area (Å²) in [5.74, 6) is 1.69. The highest BCUT2D eigenvalue weighted by atomic mass is 16.5. The number of aliphatic hydroxyl groups is 1.